The number of hydrogen-bond donors (Lipinski definition) is 2. The summed E-state index contributed by atoms with van der Waals surface area (Å²) in [6.45, 7) is 0. The molecule has 1 aromatic carbocycles. The van der Waals surface area contributed by atoms with Gasteiger partial charge in [0.05, 0.1) is 19.7 Å². The van der Waals surface area contributed by atoms with E-state index in [4.69, 9.17) is 15.3 Å². The van der Waals surface area contributed by atoms with Crippen molar-refractivity contribution < 1.29 is 9.47 Å². The number of rotatable bonds is 3. The number of aromatic nitrogens is 1. The molecule has 0 aliphatic rings. The molecule has 2 rings (SSSR count). The normalized spacial score (nSPS) is 10.2. The first-order valence-electron chi connectivity index (χ1n) is 4.78. The number of nitrogen functional groups attached to an aromatic ring is 1. The van der Waals surface area contributed by atoms with Gasteiger partial charge >= 0.3 is 0 Å². The van der Waals surface area contributed by atoms with E-state index in [1.54, 1.807) is 20.3 Å². The maximum atomic E-state index is 5.30. The third-order valence-corrected chi connectivity index (χ3v) is 2.34. The van der Waals surface area contributed by atoms with Crippen LogP contribution >= 0.6 is 0 Å². The van der Waals surface area contributed by atoms with Crippen molar-refractivity contribution in [1.82, 2.24) is 4.98 Å². The van der Waals surface area contributed by atoms with Gasteiger partial charge in [0.15, 0.2) is 11.5 Å². The smallest absolute Gasteiger partial charge is 0.162 e. The van der Waals surface area contributed by atoms with Crippen LogP contribution in [0.3, 0.4) is 0 Å². The number of nitrogens with zero attached hydrogens (tertiary/aromatic N) is 1. The average molecular weight is 219 g/mol. The Labute approximate surface area is 93.1 Å². The van der Waals surface area contributed by atoms with Gasteiger partial charge in [0, 0.05) is 11.5 Å². The Bertz CT molecular complexity index is 514. The van der Waals surface area contributed by atoms with Crippen LogP contribution in [0.4, 0.5) is 5.82 Å². The maximum absolute atomic E-state index is 5.30. The highest BCUT2D eigenvalue weighted by Crippen LogP contribution is 2.31. The van der Waals surface area contributed by atoms with Gasteiger partial charge in [0.25, 0.3) is 0 Å². The van der Waals surface area contributed by atoms with E-state index in [1.807, 2.05) is 18.2 Å². The van der Waals surface area contributed by atoms with Gasteiger partial charge in [0.1, 0.15) is 5.82 Å². The van der Waals surface area contributed by atoms with E-state index in [2.05, 4.69) is 10.4 Å². The second-order valence-corrected chi connectivity index (χ2v) is 3.24. The standard InChI is InChI=1S/C11H13N3O2/c1-15-9-5-7-3-4-11(14-12)13-8(7)6-10(9)16-2/h3-6H,12H2,1-2H3,(H,13,14). The number of benzene rings is 1. The van der Waals surface area contributed by atoms with Gasteiger partial charge in [0.2, 0.25) is 0 Å². The zero-order valence-corrected chi connectivity index (χ0v) is 9.15. The minimum Gasteiger partial charge on any atom is -0.493 e. The molecule has 5 heteroatoms. The van der Waals surface area contributed by atoms with Gasteiger partial charge in [-0.25, -0.2) is 10.8 Å². The summed E-state index contributed by atoms with van der Waals surface area (Å²) >= 11 is 0. The molecular weight excluding hydrogens is 206 g/mol. The number of fused-ring (bicyclic) bond motifs is 1. The van der Waals surface area contributed by atoms with Gasteiger partial charge in [-0.05, 0) is 18.2 Å². The van der Waals surface area contributed by atoms with Gasteiger partial charge < -0.3 is 14.9 Å². The van der Waals surface area contributed by atoms with Crippen molar-refractivity contribution in [2.45, 2.75) is 0 Å². The fourth-order valence-corrected chi connectivity index (χ4v) is 1.53. The number of nitrogens with one attached hydrogen (secondary N) is 1. The van der Waals surface area contributed by atoms with Crippen molar-refractivity contribution >= 4 is 16.7 Å². The van der Waals surface area contributed by atoms with Crippen molar-refractivity contribution in [2.24, 2.45) is 5.84 Å². The first-order valence-corrected chi connectivity index (χ1v) is 4.78. The van der Waals surface area contributed by atoms with Crippen molar-refractivity contribution in [3.63, 3.8) is 0 Å². The van der Waals surface area contributed by atoms with E-state index < -0.39 is 0 Å². The lowest BCUT2D eigenvalue weighted by Crippen LogP contribution is -2.08. The molecule has 0 atom stereocenters. The minimum absolute atomic E-state index is 0.611. The summed E-state index contributed by atoms with van der Waals surface area (Å²) in [4.78, 5) is 4.31. The third kappa shape index (κ3) is 1.72. The Morgan fingerprint density at radius 3 is 2.44 bits per heavy atom. The fraction of sp³-hybridized carbons (Fsp3) is 0.182. The topological polar surface area (TPSA) is 69.4 Å². The van der Waals surface area contributed by atoms with Crippen LogP contribution in [-0.4, -0.2) is 19.2 Å². The van der Waals surface area contributed by atoms with Crippen molar-refractivity contribution in [3.05, 3.63) is 24.3 Å². The van der Waals surface area contributed by atoms with Crippen LogP contribution in [-0.2, 0) is 0 Å². The van der Waals surface area contributed by atoms with Crippen LogP contribution in [0.25, 0.3) is 10.9 Å². The van der Waals surface area contributed by atoms with E-state index in [-0.39, 0.29) is 0 Å². The van der Waals surface area contributed by atoms with Crippen LogP contribution in [0.5, 0.6) is 11.5 Å². The number of hydrazine groups is 1. The summed E-state index contributed by atoms with van der Waals surface area (Å²) in [5.74, 6) is 7.25. The zero-order chi connectivity index (χ0) is 11.5. The summed E-state index contributed by atoms with van der Waals surface area (Å²) < 4.78 is 10.4. The van der Waals surface area contributed by atoms with Crippen molar-refractivity contribution in [3.8, 4) is 11.5 Å². The SMILES string of the molecule is COc1cc2ccc(NN)nc2cc1OC. The van der Waals surface area contributed by atoms with Crippen LogP contribution in [0.15, 0.2) is 24.3 Å². The largest absolute Gasteiger partial charge is 0.493 e. The lowest BCUT2D eigenvalue weighted by atomic mass is 10.2. The highest BCUT2D eigenvalue weighted by molar-refractivity contribution is 5.84. The number of methoxy groups -OCH3 is 2. The number of hydrogen-bond acceptors (Lipinski definition) is 5. The van der Waals surface area contributed by atoms with E-state index >= 15 is 0 Å². The highest BCUT2D eigenvalue weighted by Gasteiger charge is 2.06. The molecule has 0 saturated carbocycles. The Morgan fingerprint density at radius 1 is 1.12 bits per heavy atom. The molecular formula is C11H13N3O2. The molecule has 0 unspecified atom stereocenters. The highest BCUT2D eigenvalue weighted by atomic mass is 16.5. The lowest BCUT2D eigenvalue weighted by Gasteiger charge is -2.09. The van der Waals surface area contributed by atoms with Gasteiger partial charge in [-0.15, -0.1) is 0 Å². The molecule has 0 bridgehead atoms. The number of ether oxygens (including phenoxy) is 2. The first-order chi connectivity index (χ1) is 7.78. The molecule has 0 saturated heterocycles. The Balaban J connectivity index is 2.63. The lowest BCUT2D eigenvalue weighted by molar-refractivity contribution is 0.356. The number of pyridine rings is 1. The molecule has 0 spiro atoms. The van der Waals surface area contributed by atoms with Gasteiger partial charge in [-0.2, -0.15) is 0 Å². The molecule has 0 aliphatic heterocycles. The van der Waals surface area contributed by atoms with E-state index in [0.29, 0.717) is 17.3 Å². The maximum Gasteiger partial charge on any atom is 0.162 e. The monoisotopic (exact) mass is 219 g/mol. The molecule has 5 nitrogen and oxygen atoms in total. The summed E-state index contributed by atoms with van der Waals surface area (Å²) in [6.07, 6.45) is 0. The first kappa shape index (κ1) is 10.5. The van der Waals surface area contributed by atoms with Crippen LogP contribution < -0.4 is 20.7 Å². The molecule has 0 aliphatic carbocycles. The number of nitrogens with two attached hydrogens (primary N) is 1. The number of anilines is 1. The molecule has 84 valence electrons. The van der Waals surface area contributed by atoms with Gasteiger partial charge in [-0.3, -0.25) is 0 Å². The van der Waals surface area contributed by atoms with E-state index in [1.165, 1.54) is 0 Å². The van der Waals surface area contributed by atoms with Crippen molar-refractivity contribution in [1.29, 1.82) is 0 Å². The van der Waals surface area contributed by atoms with Crippen LogP contribution in [0.1, 0.15) is 0 Å². The molecule has 0 radical (unpaired) electrons. The molecule has 0 amide bonds. The molecule has 2 aromatic rings. The van der Waals surface area contributed by atoms with Crippen LogP contribution in [0, 0.1) is 0 Å². The van der Waals surface area contributed by atoms with E-state index in [9.17, 15) is 0 Å². The summed E-state index contributed by atoms with van der Waals surface area (Å²) in [5, 5.41) is 0.969. The van der Waals surface area contributed by atoms with Crippen LogP contribution in [0.2, 0.25) is 0 Å². The van der Waals surface area contributed by atoms with Gasteiger partial charge in [-0.1, -0.05) is 0 Å². The Hall–Kier alpha value is -2.01. The van der Waals surface area contributed by atoms with Crippen molar-refractivity contribution in [2.75, 3.05) is 19.6 Å². The molecule has 0 fully saturated rings. The predicted molar refractivity (Wildman–Crippen MR) is 62.7 cm³/mol. The fourth-order valence-electron chi connectivity index (χ4n) is 1.53. The summed E-state index contributed by atoms with van der Waals surface area (Å²) in [5.41, 5.74) is 3.30. The Kier molecular flexibility index (Phi) is 2.78. The second kappa shape index (κ2) is 4.24. The summed E-state index contributed by atoms with van der Waals surface area (Å²) in [7, 11) is 3.20. The average Bonchev–Trinajstić information content (AvgIpc) is 2.36. The molecule has 1 heterocycles. The zero-order valence-electron chi connectivity index (χ0n) is 9.15. The quantitative estimate of drug-likeness (QED) is 0.605. The molecule has 1 aromatic heterocycles. The van der Waals surface area contributed by atoms with E-state index in [0.717, 1.165) is 10.9 Å². The second-order valence-electron chi connectivity index (χ2n) is 3.24. The molecule has 3 N–H and O–H groups in total. The Morgan fingerprint density at radius 2 is 1.81 bits per heavy atom. The third-order valence-electron chi connectivity index (χ3n) is 2.34. The molecule has 16 heavy (non-hydrogen) atoms. The minimum atomic E-state index is 0.611. The predicted octanol–water partition coefficient (Wildman–Crippen LogP) is 1.54. The summed E-state index contributed by atoms with van der Waals surface area (Å²) in [6, 6.07) is 7.41.